The molecule has 0 radical (unpaired) electrons. The van der Waals surface area contributed by atoms with Crippen LogP contribution in [-0.2, 0) is 4.79 Å². The lowest BCUT2D eigenvalue weighted by Gasteiger charge is -2.13. The fourth-order valence-corrected chi connectivity index (χ4v) is 3.49. The Morgan fingerprint density at radius 2 is 1.96 bits per heavy atom. The molecule has 0 unspecified atom stereocenters. The molecule has 28 heavy (non-hydrogen) atoms. The first-order valence-corrected chi connectivity index (χ1v) is 9.44. The summed E-state index contributed by atoms with van der Waals surface area (Å²) < 4.78 is 11.0. The van der Waals surface area contributed by atoms with E-state index in [2.05, 4.69) is 0 Å². The van der Waals surface area contributed by atoms with Crippen molar-refractivity contribution in [1.29, 1.82) is 5.26 Å². The first-order chi connectivity index (χ1) is 13.6. The highest BCUT2D eigenvalue weighted by molar-refractivity contribution is 8.18. The normalized spacial score (nSPS) is 15.0. The van der Waals surface area contributed by atoms with E-state index in [-0.39, 0.29) is 30.9 Å². The maximum Gasteiger partial charge on any atom is 0.293 e. The van der Waals surface area contributed by atoms with Crippen LogP contribution in [0.25, 0.3) is 6.08 Å². The lowest BCUT2D eigenvalue weighted by atomic mass is 10.2. The molecule has 1 aliphatic rings. The molecule has 3 rings (SSSR count). The molecular weight excluding hydrogens is 376 g/mol. The number of nitrogens with zero attached hydrogens (tertiary/aromatic N) is 2. The van der Waals surface area contributed by atoms with Gasteiger partial charge in [-0.1, -0.05) is 30.3 Å². The minimum absolute atomic E-state index is 0.0946. The number of nitriles is 1. The van der Waals surface area contributed by atoms with Crippen molar-refractivity contribution in [2.75, 3.05) is 19.8 Å². The van der Waals surface area contributed by atoms with Crippen LogP contribution in [-0.4, -0.2) is 35.8 Å². The fourth-order valence-electron chi connectivity index (χ4n) is 2.64. The predicted octanol–water partition coefficient (Wildman–Crippen LogP) is 4.01. The van der Waals surface area contributed by atoms with Crippen molar-refractivity contribution in [3.63, 3.8) is 0 Å². The Bertz CT molecular complexity index is 965. The molecule has 1 fully saturated rings. The number of thioether (sulfide) groups is 1. The summed E-state index contributed by atoms with van der Waals surface area (Å²) in [6.45, 7) is 2.26. The number of ether oxygens (including phenoxy) is 2. The van der Waals surface area contributed by atoms with E-state index >= 15 is 0 Å². The van der Waals surface area contributed by atoms with E-state index in [4.69, 9.17) is 14.7 Å². The summed E-state index contributed by atoms with van der Waals surface area (Å²) in [5, 5.41) is 8.35. The van der Waals surface area contributed by atoms with Crippen LogP contribution in [0.5, 0.6) is 11.5 Å². The van der Waals surface area contributed by atoms with Crippen molar-refractivity contribution >= 4 is 29.0 Å². The van der Waals surface area contributed by atoms with Crippen molar-refractivity contribution in [3.8, 4) is 17.6 Å². The summed E-state index contributed by atoms with van der Waals surface area (Å²) in [7, 11) is 0. The Morgan fingerprint density at radius 3 is 2.75 bits per heavy atom. The van der Waals surface area contributed by atoms with Crippen molar-refractivity contribution in [3.05, 3.63) is 64.6 Å². The second-order valence-electron chi connectivity index (χ2n) is 5.98. The van der Waals surface area contributed by atoms with Crippen LogP contribution in [0.4, 0.5) is 4.79 Å². The summed E-state index contributed by atoms with van der Waals surface area (Å²) in [5.41, 5.74) is 1.71. The highest BCUT2D eigenvalue weighted by Gasteiger charge is 2.35. The van der Waals surface area contributed by atoms with Crippen molar-refractivity contribution in [2.24, 2.45) is 0 Å². The number of amides is 2. The third-order valence-electron chi connectivity index (χ3n) is 3.94. The van der Waals surface area contributed by atoms with Crippen LogP contribution < -0.4 is 9.47 Å². The van der Waals surface area contributed by atoms with E-state index in [1.165, 1.54) is 4.90 Å². The molecule has 1 saturated heterocycles. The number of hydrogen-bond acceptors (Lipinski definition) is 6. The molecule has 0 atom stereocenters. The lowest BCUT2D eigenvalue weighted by Crippen LogP contribution is -2.32. The molecule has 0 spiro atoms. The molecule has 6 nitrogen and oxygen atoms in total. The Morgan fingerprint density at radius 1 is 1.14 bits per heavy atom. The fraction of sp³-hybridized carbons (Fsp3) is 0.190. The van der Waals surface area contributed by atoms with Gasteiger partial charge < -0.3 is 9.47 Å². The van der Waals surface area contributed by atoms with Crippen molar-refractivity contribution in [2.45, 2.75) is 6.92 Å². The summed E-state index contributed by atoms with van der Waals surface area (Å²) in [5.74, 6) is 0.822. The van der Waals surface area contributed by atoms with Gasteiger partial charge in [-0.3, -0.25) is 14.5 Å². The van der Waals surface area contributed by atoms with Gasteiger partial charge >= 0.3 is 0 Å². The van der Waals surface area contributed by atoms with Crippen molar-refractivity contribution in [1.82, 2.24) is 4.90 Å². The molecule has 2 amide bonds. The SMILES string of the molecule is Cc1cccc(OCCN2C(=O)S/C(=C\c3ccccc3OCC#N)C2=O)c1. The van der Waals surface area contributed by atoms with Crippen LogP contribution in [0, 0.1) is 18.3 Å². The monoisotopic (exact) mass is 394 g/mol. The Hall–Kier alpha value is -3.24. The van der Waals surface area contributed by atoms with Gasteiger partial charge in [0, 0.05) is 5.56 Å². The highest BCUT2D eigenvalue weighted by Crippen LogP contribution is 2.33. The van der Waals surface area contributed by atoms with Gasteiger partial charge in [-0.25, -0.2) is 0 Å². The zero-order chi connectivity index (χ0) is 19.9. The minimum Gasteiger partial charge on any atom is -0.492 e. The van der Waals surface area contributed by atoms with Gasteiger partial charge in [-0.2, -0.15) is 5.26 Å². The molecule has 0 N–H and O–H groups in total. The molecular formula is C21H18N2O4S. The highest BCUT2D eigenvalue weighted by atomic mass is 32.2. The van der Waals surface area contributed by atoms with E-state index in [0.717, 1.165) is 17.3 Å². The molecule has 1 heterocycles. The number of hydrogen-bond donors (Lipinski definition) is 0. The third kappa shape index (κ3) is 4.72. The second kappa shape index (κ2) is 9.11. The molecule has 7 heteroatoms. The average Bonchev–Trinajstić information content (AvgIpc) is 2.95. The number of rotatable bonds is 7. The third-order valence-corrected chi connectivity index (χ3v) is 4.85. The minimum atomic E-state index is -0.363. The van der Waals surface area contributed by atoms with Crippen LogP contribution in [0.3, 0.4) is 0 Å². The Kier molecular flexibility index (Phi) is 6.35. The van der Waals surface area contributed by atoms with Gasteiger partial charge in [-0.15, -0.1) is 0 Å². The number of imide groups is 1. The summed E-state index contributed by atoms with van der Waals surface area (Å²) in [6.07, 6.45) is 1.61. The van der Waals surface area contributed by atoms with E-state index in [1.807, 2.05) is 37.3 Å². The molecule has 2 aromatic rings. The van der Waals surface area contributed by atoms with Crippen LogP contribution in [0.15, 0.2) is 53.4 Å². The first-order valence-electron chi connectivity index (χ1n) is 8.62. The maximum absolute atomic E-state index is 12.6. The quantitative estimate of drug-likeness (QED) is 0.660. The topological polar surface area (TPSA) is 79.6 Å². The Balaban J connectivity index is 1.66. The number of aryl methyl sites for hydroxylation is 1. The van der Waals surface area contributed by atoms with Crippen molar-refractivity contribution < 1.29 is 19.1 Å². The number of benzene rings is 2. The standard InChI is InChI=1S/C21H18N2O4S/c1-15-5-4-7-17(13-15)26-12-10-23-20(24)19(28-21(23)25)14-16-6-2-3-8-18(16)27-11-9-22/h2-8,13-14H,10-12H2,1H3/b19-14-. The van der Waals surface area contributed by atoms with Gasteiger partial charge in [0.25, 0.3) is 11.1 Å². The summed E-state index contributed by atoms with van der Waals surface area (Å²) in [4.78, 5) is 26.3. The molecule has 0 bridgehead atoms. The molecule has 0 aromatic heterocycles. The van der Waals surface area contributed by atoms with Crippen LogP contribution >= 0.6 is 11.8 Å². The van der Waals surface area contributed by atoms with Gasteiger partial charge in [0.15, 0.2) is 6.61 Å². The van der Waals surface area contributed by atoms with Gasteiger partial charge in [0.1, 0.15) is 24.2 Å². The molecule has 1 aliphatic heterocycles. The van der Waals surface area contributed by atoms with Gasteiger partial charge in [0.2, 0.25) is 0 Å². The van der Waals surface area contributed by atoms with Crippen LogP contribution in [0.2, 0.25) is 0 Å². The van der Waals surface area contributed by atoms with Gasteiger partial charge in [0.05, 0.1) is 11.4 Å². The molecule has 0 aliphatic carbocycles. The number of carbonyl (C=O) groups is 2. The molecule has 142 valence electrons. The van der Waals surface area contributed by atoms with E-state index in [1.54, 1.807) is 30.3 Å². The van der Waals surface area contributed by atoms with Crippen LogP contribution in [0.1, 0.15) is 11.1 Å². The predicted molar refractivity (Wildman–Crippen MR) is 107 cm³/mol. The largest absolute Gasteiger partial charge is 0.492 e. The first kappa shape index (κ1) is 19.5. The van der Waals surface area contributed by atoms with E-state index < -0.39 is 0 Å². The molecule has 0 saturated carbocycles. The van der Waals surface area contributed by atoms with E-state index in [0.29, 0.717) is 22.0 Å². The summed E-state index contributed by atoms with van der Waals surface area (Å²) >= 11 is 0.880. The maximum atomic E-state index is 12.6. The Labute approximate surface area is 167 Å². The second-order valence-corrected chi connectivity index (χ2v) is 6.98. The van der Waals surface area contributed by atoms with Gasteiger partial charge in [-0.05, 0) is 48.5 Å². The lowest BCUT2D eigenvalue weighted by molar-refractivity contribution is -0.123. The molecule has 2 aromatic carbocycles. The van der Waals surface area contributed by atoms with E-state index in [9.17, 15) is 9.59 Å². The smallest absolute Gasteiger partial charge is 0.293 e. The zero-order valence-corrected chi connectivity index (χ0v) is 16.1. The summed E-state index contributed by atoms with van der Waals surface area (Å²) in [6, 6.07) is 16.5. The number of para-hydroxylation sites is 1. The number of carbonyl (C=O) groups excluding carboxylic acids is 2. The zero-order valence-electron chi connectivity index (χ0n) is 15.3. The average molecular weight is 394 g/mol.